The standard InChI is InChI=1S/C51H48F6N6/c1-29-25-31(3)47(32(4)26-29)60-37(9)45-15-11-13-43(62-45)35(7)58-41-21-17-39(18-22-41)49(50(52,53)54,51(55,56)57)40-19-23-42(24-20-40)59-36(8)44-14-12-16-46(63-44)38(10)61-48-33(5)27-30(2)28-34(48)6/h11-28H,1-10H3/b58-35+,59-36+,60-37+,61-38+. The van der Waals surface area contributed by atoms with E-state index in [2.05, 4.69) is 34.3 Å². The molecule has 0 saturated carbocycles. The number of hydrogen-bond acceptors (Lipinski definition) is 6. The van der Waals surface area contributed by atoms with Crippen molar-refractivity contribution >= 4 is 45.6 Å². The number of hydrogen-bond donors (Lipinski definition) is 0. The summed E-state index contributed by atoms with van der Waals surface area (Å²) in [5.74, 6) is 0. The fraction of sp³-hybridized carbons (Fsp3) is 0.255. The monoisotopic (exact) mass is 858 g/mol. The summed E-state index contributed by atoms with van der Waals surface area (Å²) in [6, 6.07) is 26.7. The number of alkyl halides is 6. The molecule has 0 saturated heterocycles. The SMILES string of the molecule is C/C(=N\c1ccc(C(c2ccc(/N=C(\C)c3cccc(/C(C)=N/c4c(C)cc(C)cc4C)n3)cc2)(C(F)(F)F)C(F)(F)F)cc1)c1cccc(/C(C)=N/c2c(C)cc(C)cc2C)n1. The van der Waals surface area contributed by atoms with E-state index in [0.717, 1.165) is 93.3 Å². The van der Waals surface area contributed by atoms with Gasteiger partial charge < -0.3 is 0 Å². The van der Waals surface area contributed by atoms with Gasteiger partial charge in [0, 0.05) is 0 Å². The van der Waals surface area contributed by atoms with Crippen LogP contribution in [0.25, 0.3) is 0 Å². The topological polar surface area (TPSA) is 75.2 Å². The molecule has 6 nitrogen and oxygen atoms in total. The van der Waals surface area contributed by atoms with Crippen LogP contribution >= 0.6 is 0 Å². The molecular formula is C51H48F6N6. The molecule has 6 aromatic rings. The minimum absolute atomic E-state index is 0.151. The molecule has 0 N–H and O–H groups in total. The van der Waals surface area contributed by atoms with Gasteiger partial charge in [-0.2, -0.15) is 26.3 Å². The van der Waals surface area contributed by atoms with Crippen LogP contribution in [0.3, 0.4) is 0 Å². The van der Waals surface area contributed by atoms with Gasteiger partial charge in [0.15, 0.2) is 0 Å². The van der Waals surface area contributed by atoms with Gasteiger partial charge >= 0.3 is 12.4 Å². The van der Waals surface area contributed by atoms with Gasteiger partial charge in [0.1, 0.15) is 0 Å². The first-order valence-electron chi connectivity index (χ1n) is 20.3. The number of aryl methyl sites for hydroxylation is 6. The summed E-state index contributed by atoms with van der Waals surface area (Å²) >= 11 is 0. The molecule has 324 valence electrons. The molecule has 0 aliphatic carbocycles. The molecule has 0 unspecified atom stereocenters. The van der Waals surface area contributed by atoms with Crippen molar-refractivity contribution in [2.24, 2.45) is 20.0 Å². The molecule has 0 aliphatic rings. The van der Waals surface area contributed by atoms with E-state index >= 15 is 26.3 Å². The number of rotatable bonds is 10. The quantitative estimate of drug-likeness (QED) is 0.102. The van der Waals surface area contributed by atoms with Crippen LogP contribution in [0.1, 0.15) is 95.0 Å². The Morgan fingerprint density at radius 3 is 0.937 bits per heavy atom. The average Bonchev–Trinajstić information content (AvgIpc) is 3.21. The molecule has 2 aromatic heterocycles. The first-order valence-corrected chi connectivity index (χ1v) is 20.3. The van der Waals surface area contributed by atoms with Gasteiger partial charge in [-0.1, -0.05) is 71.8 Å². The molecule has 2 heterocycles. The molecule has 0 amide bonds. The number of pyridine rings is 2. The second kappa shape index (κ2) is 18.0. The van der Waals surface area contributed by atoms with Gasteiger partial charge in [0.25, 0.3) is 0 Å². The number of aliphatic imine (C=N–C) groups is 4. The fourth-order valence-electron chi connectivity index (χ4n) is 7.88. The van der Waals surface area contributed by atoms with E-state index in [-0.39, 0.29) is 11.4 Å². The normalized spacial score (nSPS) is 13.5. The third-order valence-corrected chi connectivity index (χ3v) is 10.9. The molecule has 63 heavy (non-hydrogen) atoms. The Kier molecular flexibility index (Phi) is 13.2. The summed E-state index contributed by atoms with van der Waals surface area (Å²) in [4.78, 5) is 28.1. The largest absolute Gasteiger partial charge is 0.411 e. The number of aromatic nitrogens is 2. The molecule has 0 atom stereocenters. The van der Waals surface area contributed by atoms with Crippen LogP contribution in [0.5, 0.6) is 0 Å². The molecular weight excluding hydrogens is 811 g/mol. The van der Waals surface area contributed by atoms with Gasteiger partial charge in [-0.25, -0.2) is 9.97 Å². The first kappa shape index (κ1) is 46.0. The van der Waals surface area contributed by atoms with Crippen LogP contribution in [0.15, 0.2) is 129 Å². The van der Waals surface area contributed by atoms with Crippen LogP contribution in [0.4, 0.5) is 49.1 Å². The van der Waals surface area contributed by atoms with Crippen molar-refractivity contribution in [3.8, 4) is 0 Å². The Balaban J connectivity index is 1.28. The smallest absolute Gasteiger partial charge is 0.252 e. The molecule has 6 rings (SSSR count). The van der Waals surface area contributed by atoms with Crippen molar-refractivity contribution < 1.29 is 26.3 Å². The summed E-state index contributed by atoms with van der Waals surface area (Å²) in [5, 5.41) is 0. The van der Waals surface area contributed by atoms with Crippen LogP contribution < -0.4 is 0 Å². The summed E-state index contributed by atoms with van der Waals surface area (Å²) in [5.41, 5.74) is 6.26. The summed E-state index contributed by atoms with van der Waals surface area (Å²) < 4.78 is 90.6. The van der Waals surface area contributed by atoms with Gasteiger partial charge in [0.05, 0.1) is 68.4 Å². The van der Waals surface area contributed by atoms with Crippen molar-refractivity contribution in [2.45, 2.75) is 87.0 Å². The molecule has 0 aliphatic heterocycles. The maximum atomic E-state index is 15.1. The van der Waals surface area contributed by atoms with Crippen molar-refractivity contribution in [1.82, 2.24) is 9.97 Å². The van der Waals surface area contributed by atoms with E-state index in [4.69, 9.17) is 20.0 Å². The zero-order valence-corrected chi connectivity index (χ0v) is 36.8. The van der Waals surface area contributed by atoms with Crippen LogP contribution in [-0.2, 0) is 5.41 Å². The van der Waals surface area contributed by atoms with Crippen molar-refractivity contribution in [1.29, 1.82) is 0 Å². The number of halogens is 6. The zero-order chi connectivity index (χ0) is 46.0. The highest BCUT2D eigenvalue weighted by molar-refractivity contribution is 6.03. The number of benzene rings is 4. The maximum Gasteiger partial charge on any atom is 0.411 e. The van der Waals surface area contributed by atoms with Crippen molar-refractivity contribution in [3.63, 3.8) is 0 Å². The Bertz CT molecular complexity index is 2560. The summed E-state index contributed by atoms with van der Waals surface area (Å²) in [7, 11) is 0. The van der Waals surface area contributed by atoms with E-state index in [1.165, 1.54) is 0 Å². The van der Waals surface area contributed by atoms with E-state index in [0.29, 0.717) is 45.6 Å². The molecule has 0 fully saturated rings. The fourth-order valence-corrected chi connectivity index (χ4v) is 7.88. The highest BCUT2D eigenvalue weighted by Crippen LogP contribution is 2.56. The lowest BCUT2D eigenvalue weighted by molar-refractivity contribution is -0.288. The minimum atomic E-state index is -5.77. The van der Waals surface area contributed by atoms with Gasteiger partial charge in [-0.05, 0) is 151 Å². The third-order valence-electron chi connectivity index (χ3n) is 10.9. The van der Waals surface area contributed by atoms with E-state index < -0.39 is 28.9 Å². The third kappa shape index (κ3) is 9.75. The van der Waals surface area contributed by atoms with Crippen molar-refractivity contribution in [2.75, 3.05) is 0 Å². The highest BCUT2D eigenvalue weighted by Gasteiger charge is 2.72. The Hall–Kier alpha value is -6.56. The minimum Gasteiger partial charge on any atom is -0.252 e. The Labute approximate surface area is 364 Å². The van der Waals surface area contributed by atoms with Crippen molar-refractivity contribution in [3.05, 3.63) is 176 Å². The molecule has 0 spiro atoms. The van der Waals surface area contributed by atoms with Crippen LogP contribution in [-0.4, -0.2) is 45.2 Å². The van der Waals surface area contributed by atoms with Gasteiger partial charge in [0.2, 0.25) is 5.41 Å². The second-order valence-corrected chi connectivity index (χ2v) is 15.9. The molecule has 12 heteroatoms. The second-order valence-electron chi connectivity index (χ2n) is 15.9. The van der Waals surface area contributed by atoms with E-state index in [9.17, 15) is 0 Å². The maximum absolute atomic E-state index is 15.1. The highest BCUT2D eigenvalue weighted by atomic mass is 19.4. The van der Waals surface area contributed by atoms with E-state index in [1.54, 1.807) is 50.2 Å². The lowest BCUT2D eigenvalue weighted by Crippen LogP contribution is -2.54. The predicted molar refractivity (Wildman–Crippen MR) is 243 cm³/mol. The average molecular weight is 859 g/mol. The number of nitrogens with zero attached hydrogens (tertiary/aromatic N) is 6. The lowest BCUT2D eigenvalue weighted by Gasteiger charge is -2.38. The van der Waals surface area contributed by atoms with E-state index in [1.807, 2.05) is 55.4 Å². The van der Waals surface area contributed by atoms with Gasteiger partial charge in [-0.15, -0.1) is 0 Å². The zero-order valence-electron chi connectivity index (χ0n) is 36.8. The molecule has 0 bridgehead atoms. The first-order chi connectivity index (χ1) is 29.6. The van der Waals surface area contributed by atoms with Crippen LogP contribution in [0, 0.1) is 41.5 Å². The summed E-state index contributed by atoms with van der Waals surface area (Å²) in [6.07, 6.45) is -11.5. The lowest BCUT2D eigenvalue weighted by atomic mass is 9.73. The predicted octanol–water partition coefficient (Wildman–Crippen LogP) is 14.3. The Morgan fingerprint density at radius 1 is 0.397 bits per heavy atom. The Morgan fingerprint density at radius 2 is 0.667 bits per heavy atom. The molecule has 4 aromatic carbocycles. The summed E-state index contributed by atoms with van der Waals surface area (Å²) in [6.45, 7) is 19.0. The van der Waals surface area contributed by atoms with Crippen LogP contribution in [0.2, 0.25) is 0 Å². The molecule has 0 radical (unpaired) electrons. The van der Waals surface area contributed by atoms with Gasteiger partial charge in [-0.3, -0.25) is 20.0 Å².